The Morgan fingerprint density at radius 1 is 1.50 bits per heavy atom. The van der Waals surface area contributed by atoms with Gasteiger partial charge in [0.1, 0.15) is 6.54 Å². The molecule has 0 saturated heterocycles. The SMILES string of the molecule is C#CCn1nc(C)c(CNCCOC)c1C. The second-order valence-corrected chi connectivity index (χ2v) is 3.68. The number of aryl methyl sites for hydroxylation is 1. The van der Waals surface area contributed by atoms with Crippen LogP contribution < -0.4 is 5.32 Å². The molecule has 0 bridgehead atoms. The molecule has 0 fully saturated rings. The van der Waals surface area contributed by atoms with E-state index < -0.39 is 0 Å². The van der Waals surface area contributed by atoms with Gasteiger partial charge in [0.25, 0.3) is 0 Å². The van der Waals surface area contributed by atoms with E-state index in [9.17, 15) is 0 Å². The van der Waals surface area contributed by atoms with Crippen LogP contribution >= 0.6 is 0 Å². The van der Waals surface area contributed by atoms with Crippen molar-refractivity contribution >= 4 is 0 Å². The molecule has 0 aliphatic carbocycles. The molecule has 16 heavy (non-hydrogen) atoms. The molecular formula is C12H19N3O. The van der Waals surface area contributed by atoms with E-state index in [1.54, 1.807) is 7.11 Å². The molecule has 1 aromatic heterocycles. The van der Waals surface area contributed by atoms with Crippen molar-refractivity contribution in [2.75, 3.05) is 20.3 Å². The molecule has 1 rings (SSSR count). The van der Waals surface area contributed by atoms with E-state index in [1.165, 1.54) is 5.56 Å². The van der Waals surface area contributed by atoms with Crippen molar-refractivity contribution in [2.45, 2.75) is 26.9 Å². The highest BCUT2D eigenvalue weighted by Crippen LogP contribution is 2.12. The molecule has 4 heteroatoms. The van der Waals surface area contributed by atoms with E-state index in [1.807, 2.05) is 18.5 Å². The van der Waals surface area contributed by atoms with Gasteiger partial charge in [0.05, 0.1) is 12.3 Å². The largest absolute Gasteiger partial charge is 0.383 e. The summed E-state index contributed by atoms with van der Waals surface area (Å²) in [6.07, 6.45) is 5.29. The van der Waals surface area contributed by atoms with Gasteiger partial charge < -0.3 is 10.1 Å². The Morgan fingerprint density at radius 2 is 2.25 bits per heavy atom. The summed E-state index contributed by atoms with van der Waals surface area (Å²) < 4.78 is 6.84. The van der Waals surface area contributed by atoms with Gasteiger partial charge >= 0.3 is 0 Å². The molecule has 0 unspecified atom stereocenters. The van der Waals surface area contributed by atoms with Gasteiger partial charge in [0.15, 0.2) is 0 Å². The number of aromatic nitrogens is 2. The topological polar surface area (TPSA) is 39.1 Å². The number of ether oxygens (including phenoxy) is 1. The van der Waals surface area contributed by atoms with Crippen LogP contribution in [-0.2, 0) is 17.8 Å². The van der Waals surface area contributed by atoms with Gasteiger partial charge in [-0.25, -0.2) is 0 Å². The first-order valence-electron chi connectivity index (χ1n) is 5.36. The van der Waals surface area contributed by atoms with E-state index in [0.717, 1.165) is 31.1 Å². The summed E-state index contributed by atoms with van der Waals surface area (Å²) in [6, 6.07) is 0. The monoisotopic (exact) mass is 221 g/mol. The molecule has 0 saturated carbocycles. The minimum Gasteiger partial charge on any atom is -0.383 e. The van der Waals surface area contributed by atoms with Gasteiger partial charge in [-0.05, 0) is 13.8 Å². The summed E-state index contributed by atoms with van der Waals surface area (Å²) in [5, 5.41) is 7.71. The molecule has 0 amide bonds. The third-order valence-corrected chi connectivity index (χ3v) is 2.56. The zero-order valence-corrected chi connectivity index (χ0v) is 10.2. The Labute approximate surface area is 97.0 Å². The molecule has 0 atom stereocenters. The van der Waals surface area contributed by atoms with Crippen LogP contribution in [0, 0.1) is 26.2 Å². The highest BCUT2D eigenvalue weighted by molar-refractivity contribution is 5.24. The van der Waals surface area contributed by atoms with E-state index in [2.05, 4.69) is 16.3 Å². The molecule has 0 aromatic carbocycles. The Hall–Kier alpha value is -1.31. The maximum atomic E-state index is 5.29. The molecule has 0 aliphatic heterocycles. The van der Waals surface area contributed by atoms with Gasteiger partial charge in [0, 0.05) is 31.5 Å². The number of nitrogens with zero attached hydrogens (tertiary/aromatic N) is 2. The van der Waals surface area contributed by atoms with Crippen molar-refractivity contribution in [3.05, 3.63) is 17.0 Å². The van der Waals surface area contributed by atoms with Crippen molar-refractivity contribution in [3.8, 4) is 12.3 Å². The van der Waals surface area contributed by atoms with Crippen LogP contribution in [-0.4, -0.2) is 30.0 Å². The lowest BCUT2D eigenvalue weighted by Gasteiger charge is -2.04. The molecule has 0 aliphatic rings. The molecule has 0 radical (unpaired) electrons. The van der Waals surface area contributed by atoms with Gasteiger partial charge in [-0.3, -0.25) is 4.68 Å². The van der Waals surface area contributed by atoms with Crippen molar-refractivity contribution in [1.82, 2.24) is 15.1 Å². The fraction of sp³-hybridized carbons (Fsp3) is 0.583. The van der Waals surface area contributed by atoms with Crippen LogP contribution in [0.1, 0.15) is 17.0 Å². The van der Waals surface area contributed by atoms with Crippen molar-refractivity contribution in [2.24, 2.45) is 0 Å². The summed E-state index contributed by atoms with van der Waals surface area (Å²) in [7, 11) is 1.70. The van der Waals surface area contributed by atoms with Crippen LogP contribution in [0.3, 0.4) is 0 Å². The van der Waals surface area contributed by atoms with E-state index in [4.69, 9.17) is 11.2 Å². The summed E-state index contributed by atoms with van der Waals surface area (Å²) >= 11 is 0. The zero-order valence-electron chi connectivity index (χ0n) is 10.2. The van der Waals surface area contributed by atoms with Gasteiger partial charge in [-0.2, -0.15) is 5.10 Å². The zero-order chi connectivity index (χ0) is 12.0. The number of hydrogen-bond donors (Lipinski definition) is 1. The molecule has 0 spiro atoms. The van der Waals surface area contributed by atoms with Crippen LogP contribution in [0.2, 0.25) is 0 Å². The summed E-state index contributed by atoms with van der Waals surface area (Å²) in [5.74, 6) is 2.60. The van der Waals surface area contributed by atoms with Crippen LogP contribution in [0.5, 0.6) is 0 Å². The molecule has 1 aromatic rings. The quantitative estimate of drug-likeness (QED) is 0.572. The lowest BCUT2D eigenvalue weighted by atomic mass is 10.2. The predicted octanol–water partition coefficient (Wildman–Crippen LogP) is 0.869. The minimum absolute atomic E-state index is 0.532. The standard InChI is InChI=1S/C12H19N3O/c1-5-7-15-11(3)12(10(2)14-15)9-13-6-8-16-4/h1,13H,6-9H2,2-4H3. The number of rotatable bonds is 6. The molecule has 4 nitrogen and oxygen atoms in total. The van der Waals surface area contributed by atoms with Crippen LogP contribution in [0.4, 0.5) is 0 Å². The first-order valence-corrected chi connectivity index (χ1v) is 5.36. The van der Waals surface area contributed by atoms with Gasteiger partial charge in [-0.1, -0.05) is 5.92 Å². The first-order chi connectivity index (χ1) is 7.70. The first kappa shape index (κ1) is 12.8. The fourth-order valence-corrected chi connectivity index (χ4v) is 1.62. The maximum absolute atomic E-state index is 5.29. The third-order valence-electron chi connectivity index (χ3n) is 2.56. The Morgan fingerprint density at radius 3 is 2.88 bits per heavy atom. The fourth-order valence-electron chi connectivity index (χ4n) is 1.62. The second-order valence-electron chi connectivity index (χ2n) is 3.68. The Balaban J connectivity index is 2.62. The summed E-state index contributed by atoms with van der Waals surface area (Å²) in [6.45, 7) is 6.96. The van der Waals surface area contributed by atoms with Gasteiger partial charge in [0.2, 0.25) is 0 Å². The number of hydrogen-bond acceptors (Lipinski definition) is 3. The van der Waals surface area contributed by atoms with E-state index in [-0.39, 0.29) is 0 Å². The van der Waals surface area contributed by atoms with Crippen LogP contribution in [0.15, 0.2) is 0 Å². The second kappa shape index (κ2) is 6.31. The van der Waals surface area contributed by atoms with Crippen molar-refractivity contribution in [1.29, 1.82) is 0 Å². The van der Waals surface area contributed by atoms with Crippen molar-refractivity contribution < 1.29 is 4.74 Å². The highest BCUT2D eigenvalue weighted by atomic mass is 16.5. The average molecular weight is 221 g/mol. The number of terminal acetylenes is 1. The van der Waals surface area contributed by atoms with Crippen molar-refractivity contribution in [3.63, 3.8) is 0 Å². The summed E-state index contributed by atoms with van der Waals surface area (Å²) in [4.78, 5) is 0. The highest BCUT2D eigenvalue weighted by Gasteiger charge is 2.09. The Kier molecular flexibility index (Phi) is 5.03. The molecule has 88 valence electrons. The lowest BCUT2D eigenvalue weighted by molar-refractivity contribution is 0.199. The van der Waals surface area contributed by atoms with E-state index >= 15 is 0 Å². The normalized spacial score (nSPS) is 10.4. The number of nitrogens with one attached hydrogen (secondary N) is 1. The summed E-state index contributed by atoms with van der Waals surface area (Å²) in [5.41, 5.74) is 3.41. The maximum Gasteiger partial charge on any atom is 0.102 e. The predicted molar refractivity (Wildman–Crippen MR) is 64.1 cm³/mol. The Bertz CT molecular complexity index is 376. The smallest absolute Gasteiger partial charge is 0.102 e. The minimum atomic E-state index is 0.532. The van der Waals surface area contributed by atoms with Gasteiger partial charge in [-0.15, -0.1) is 6.42 Å². The molecule has 1 N–H and O–H groups in total. The van der Waals surface area contributed by atoms with E-state index in [0.29, 0.717) is 6.54 Å². The third kappa shape index (κ3) is 3.09. The molecule has 1 heterocycles. The average Bonchev–Trinajstić information content (AvgIpc) is 2.52. The lowest BCUT2D eigenvalue weighted by Crippen LogP contribution is -2.19. The van der Waals surface area contributed by atoms with Crippen LogP contribution in [0.25, 0.3) is 0 Å². The molecular weight excluding hydrogens is 202 g/mol. The number of methoxy groups -OCH3 is 1.